The van der Waals surface area contributed by atoms with Gasteiger partial charge in [0.15, 0.2) is 5.13 Å². The molecule has 0 atom stereocenters. The zero-order chi connectivity index (χ0) is 20.0. The summed E-state index contributed by atoms with van der Waals surface area (Å²) in [5.41, 5.74) is 2.03. The SMILES string of the molecule is Cc1ccc2nc(N(Cc3ccco3)C(=O)c3sc4ccccc4c3Cl)sc2c1. The number of nitrogens with zero attached hydrogens (tertiary/aromatic N) is 2. The Morgan fingerprint density at radius 2 is 1.97 bits per heavy atom. The standard InChI is InChI=1S/C22H15ClN2O2S2/c1-13-8-9-16-18(11-13)29-22(24-16)25(12-14-5-4-10-27-14)21(26)20-19(23)15-6-2-3-7-17(15)28-20/h2-11H,12H2,1H3. The van der Waals surface area contributed by atoms with Crippen molar-refractivity contribution >= 4 is 65.6 Å². The van der Waals surface area contributed by atoms with Crippen molar-refractivity contribution in [1.29, 1.82) is 0 Å². The highest BCUT2D eigenvalue weighted by Gasteiger charge is 2.27. The third kappa shape index (κ3) is 3.33. The van der Waals surface area contributed by atoms with Gasteiger partial charge in [0.05, 0.1) is 28.0 Å². The zero-order valence-electron chi connectivity index (χ0n) is 15.4. The Morgan fingerprint density at radius 3 is 2.76 bits per heavy atom. The highest BCUT2D eigenvalue weighted by molar-refractivity contribution is 7.23. The van der Waals surface area contributed by atoms with E-state index in [-0.39, 0.29) is 12.5 Å². The van der Waals surface area contributed by atoms with Gasteiger partial charge in [-0.3, -0.25) is 9.69 Å². The van der Waals surface area contributed by atoms with Crippen molar-refractivity contribution in [3.63, 3.8) is 0 Å². The molecule has 0 N–H and O–H groups in total. The average molecular weight is 439 g/mol. The first-order valence-corrected chi connectivity index (χ1v) is 11.0. The molecule has 0 aliphatic rings. The molecule has 4 nitrogen and oxygen atoms in total. The first-order valence-electron chi connectivity index (χ1n) is 8.98. The molecule has 0 saturated carbocycles. The number of aryl methyl sites for hydroxylation is 1. The van der Waals surface area contributed by atoms with Gasteiger partial charge < -0.3 is 4.42 Å². The van der Waals surface area contributed by atoms with Crippen LogP contribution in [-0.4, -0.2) is 10.9 Å². The third-order valence-corrected chi connectivity index (χ3v) is 7.34. The van der Waals surface area contributed by atoms with Gasteiger partial charge in [-0.2, -0.15) is 0 Å². The quantitative estimate of drug-likeness (QED) is 0.306. The van der Waals surface area contributed by atoms with Crippen molar-refractivity contribution in [2.45, 2.75) is 13.5 Å². The molecule has 3 heterocycles. The second-order valence-corrected chi connectivity index (χ2v) is 9.12. The third-order valence-electron chi connectivity index (χ3n) is 4.63. The molecule has 1 amide bonds. The van der Waals surface area contributed by atoms with Gasteiger partial charge >= 0.3 is 0 Å². The Hall–Kier alpha value is -2.67. The van der Waals surface area contributed by atoms with Crippen molar-refractivity contribution in [2.75, 3.05) is 4.90 Å². The van der Waals surface area contributed by atoms with Crippen molar-refractivity contribution in [2.24, 2.45) is 0 Å². The molecule has 0 radical (unpaired) electrons. The lowest BCUT2D eigenvalue weighted by Gasteiger charge is -2.18. The fraction of sp³-hybridized carbons (Fsp3) is 0.0909. The van der Waals surface area contributed by atoms with Crippen LogP contribution < -0.4 is 4.90 Å². The van der Waals surface area contributed by atoms with Crippen LogP contribution in [0.3, 0.4) is 0 Å². The van der Waals surface area contributed by atoms with E-state index < -0.39 is 0 Å². The highest BCUT2D eigenvalue weighted by Crippen LogP contribution is 2.38. The van der Waals surface area contributed by atoms with Gasteiger partial charge in [-0.25, -0.2) is 4.98 Å². The van der Waals surface area contributed by atoms with Crippen LogP contribution in [0.5, 0.6) is 0 Å². The number of halogens is 1. The second kappa shape index (κ2) is 7.30. The number of aromatic nitrogens is 1. The van der Waals surface area contributed by atoms with Gasteiger partial charge in [-0.15, -0.1) is 11.3 Å². The molecule has 29 heavy (non-hydrogen) atoms. The smallest absolute Gasteiger partial charge is 0.272 e. The molecule has 0 fully saturated rings. The largest absolute Gasteiger partial charge is 0.467 e. The van der Waals surface area contributed by atoms with Gasteiger partial charge in [-0.05, 0) is 42.8 Å². The molecule has 0 aliphatic heterocycles. The molecule has 3 aromatic heterocycles. The Balaban J connectivity index is 1.62. The molecule has 0 unspecified atom stereocenters. The van der Waals surface area contributed by atoms with E-state index in [0.717, 1.165) is 25.9 Å². The van der Waals surface area contributed by atoms with Crippen molar-refractivity contribution in [1.82, 2.24) is 4.98 Å². The van der Waals surface area contributed by atoms with Crippen molar-refractivity contribution < 1.29 is 9.21 Å². The lowest BCUT2D eigenvalue weighted by Crippen LogP contribution is -2.29. The zero-order valence-corrected chi connectivity index (χ0v) is 17.8. The molecule has 0 aliphatic carbocycles. The maximum atomic E-state index is 13.6. The van der Waals surface area contributed by atoms with Gasteiger partial charge in [0.1, 0.15) is 10.6 Å². The molecule has 5 rings (SSSR count). The number of fused-ring (bicyclic) bond motifs is 2. The fourth-order valence-electron chi connectivity index (χ4n) is 3.19. The summed E-state index contributed by atoms with van der Waals surface area (Å²) in [7, 11) is 0. The Kier molecular flexibility index (Phi) is 4.62. The van der Waals surface area contributed by atoms with Crippen LogP contribution in [0, 0.1) is 6.92 Å². The number of hydrogen-bond donors (Lipinski definition) is 0. The number of anilines is 1. The minimum atomic E-state index is -0.177. The maximum absolute atomic E-state index is 13.6. The summed E-state index contributed by atoms with van der Waals surface area (Å²) in [6.45, 7) is 2.33. The fourth-order valence-corrected chi connectivity index (χ4v) is 5.72. The number of rotatable bonds is 4. The van der Waals surface area contributed by atoms with Crippen LogP contribution >= 0.6 is 34.3 Å². The van der Waals surface area contributed by atoms with Crippen LogP contribution in [0.25, 0.3) is 20.3 Å². The molecular formula is C22H15ClN2O2S2. The van der Waals surface area contributed by atoms with E-state index in [1.165, 1.54) is 22.7 Å². The normalized spacial score (nSPS) is 11.4. The summed E-state index contributed by atoms with van der Waals surface area (Å²) in [5.74, 6) is 0.509. The number of thiophene rings is 1. The van der Waals surface area contributed by atoms with E-state index in [1.807, 2.05) is 55.5 Å². The van der Waals surface area contributed by atoms with Gasteiger partial charge in [0, 0.05) is 10.1 Å². The van der Waals surface area contributed by atoms with E-state index in [2.05, 4.69) is 6.07 Å². The summed E-state index contributed by atoms with van der Waals surface area (Å²) in [6.07, 6.45) is 1.60. The van der Waals surface area contributed by atoms with E-state index in [1.54, 1.807) is 11.2 Å². The van der Waals surface area contributed by atoms with Crippen LogP contribution in [0.15, 0.2) is 65.3 Å². The minimum absolute atomic E-state index is 0.177. The molecule has 2 aromatic carbocycles. The van der Waals surface area contributed by atoms with Gasteiger partial charge in [0.2, 0.25) is 0 Å². The Bertz CT molecular complexity index is 1340. The second-order valence-electron chi connectivity index (χ2n) is 6.68. The summed E-state index contributed by atoms with van der Waals surface area (Å²) in [4.78, 5) is 20.4. The lowest BCUT2D eigenvalue weighted by atomic mass is 10.2. The Morgan fingerprint density at radius 1 is 1.10 bits per heavy atom. The van der Waals surface area contributed by atoms with Gasteiger partial charge in [0.25, 0.3) is 5.91 Å². The molecular weight excluding hydrogens is 424 g/mol. The lowest BCUT2D eigenvalue weighted by molar-refractivity contribution is 0.0987. The Labute approximate surface area is 180 Å². The summed E-state index contributed by atoms with van der Waals surface area (Å²) in [6, 6.07) is 17.5. The van der Waals surface area contributed by atoms with E-state index in [9.17, 15) is 4.79 Å². The minimum Gasteiger partial charge on any atom is -0.467 e. The van der Waals surface area contributed by atoms with E-state index in [0.29, 0.717) is 20.8 Å². The number of carbonyl (C=O) groups excluding carboxylic acids is 1. The van der Waals surface area contributed by atoms with E-state index in [4.69, 9.17) is 21.0 Å². The van der Waals surface area contributed by atoms with Gasteiger partial charge in [-0.1, -0.05) is 47.2 Å². The first kappa shape index (κ1) is 18.4. The topological polar surface area (TPSA) is 46.3 Å². The predicted molar refractivity (Wildman–Crippen MR) is 120 cm³/mol. The number of hydrogen-bond acceptors (Lipinski definition) is 5. The highest BCUT2D eigenvalue weighted by atomic mass is 35.5. The molecule has 0 spiro atoms. The molecule has 144 valence electrons. The number of carbonyl (C=O) groups is 1. The summed E-state index contributed by atoms with van der Waals surface area (Å²) >= 11 is 9.48. The molecule has 5 aromatic rings. The van der Waals surface area contributed by atoms with Crippen LogP contribution in [-0.2, 0) is 6.54 Å². The number of furan rings is 1. The summed E-state index contributed by atoms with van der Waals surface area (Å²) in [5, 5.41) is 2.00. The average Bonchev–Trinajstić information content (AvgIpc) is 3.44. The molecule has 0 bridgehead atoms. The number of benzene rings is 2. The monoisotopic (exact) mass is 438 g/mol. The number of amides is 1. The van der Waals surface area contributed by atoms with Crippen molar-refractivity contribution in [3.05, 3.63) is 82.1 Å². The molecule has 7 heteroatoms. The number of thiazole rings is 1. The van der Waals surface area contributed by atoms with E-state index >= 15 is 0 Å². The molecule has 0 saturated heterocycles. The van der Waals surface area contributed by atoms with Crippen LogP contribution in [0.2, 0.25) is 5.02 Å². The first-order chi connectivity index (χ1) is 14.1. The maximum Gasteiger partial charge on any atom is 0.272 e. The van der Waals surface area contributed by atoms with Crippen LogP contribution in [0.4, 0.5) is 5.13 Å². The van der Waals surface area contributed by atoms with Crippen molar-refractivity contribution in [3.8, 4) is 0 Å². The predicted octanol–water partition coefficient (Wildman–Crippen LogP) is 6.91. The van der Waals surface area contributed by atoms with Crippen LogP contribution in [0.1, 0.15) is 21.0 Å². The summed E-state index contributed by atoms with van der Waals surface area (Å²) < 4.78 is 7.53.